The van der Waals surface area contributed by atoms with Crippen LogP contribution in [-0.2, 0) is 0 Å². The molecule has 2 amide bonds. The zero-order valence-corrected chi connectivity index (χ0v) is 15.1. The SMILES string of the molecule is N#Cc1cccc(NC(=O)c2cncc(C(=O)NC3CCCCCC3)c2)c1. The highest BCUT2D eigenvalue weighted by Gasteiger charge is 2.17. The minimum atomic E-state index is -0.373. The molecule has 0 atom stereocenters. The average Bonchev–Trinajstić information content (AvgIpc) is 2.97. The van der Waals surface area contributed by atoms with Gasteiger partial charge in [0, 0.05) is 24.1 Å². The molecule has 2 aromatic rings. The number of carbonyl (C=O) groups excluding carboxylic acids is 2. The van der Waals surface area contributed by atoms with E-state index in [1.54, 1.807) is 30.3 Å². The highest BCUT2D eigenvalue weighted by Crippen LogP contribution is 2.18. The summed E-state index contributed by atoms with van der Waals surface area (Å²) in [5, 5.41) is 14.7. The molecular formula is C21H22N4O2. The number of amides is 2. The van der Waals surface area contributed by atoms with Gasteiger partial charge in [0.1, 0.15) is 0 Å². The molecule has 1 saturated carbocycles. The topological polar surface area (TPSA) is 94.9 Å². The first-order chi connectivity index (χ1) is 13.2. The number of benzene rings is 1. The van der Waals surface area contributed by atoms with Crippen molar-refractivity contribution in [2.45, 2.75) is 44.6 Å². The Hall–Kier alpha value is -3.20. The van der Waals surface area contributed by atoms with E-state index in [9.17, 15) is 9.59 Å². The lowest BCUT2D eigenvalue weighted by atomic mass is 10.1. The van der Waals surface area contributed by atoms with Crippen LogP contribution in [0.2, 0.25) is 0 Å². The summed E-state index contributed by atoms with van der Waals surface area (Å²) >= 11 is 0. The summed E-state index contributed by atoms with van der Waals surface area (Å²) in [5.74, 6) is -0.572. The van der Waals surface area contributed by atoms with E-state index in [0.29, 0.717) is 22.4 Å². The van der Waals surface area contributed by atoms with Gasteiger partial charge in [0.15, 0.2) is 0 Å². The monoisotopic (exact) mass is 362 g/mol. The Morgan fingerprint density at radius 3 is 2.41 bits per heavy atom. The molecular weight excluding hydrogens is 340 g/mol. The Bertz CT molecular complexity index is 864. The molecule has 1 aromatic heterocycles. The second kappa shape index (κ2) is 8.95. The number of pyridine rings is 1. The summed E-state index contributed by atoms with van der Waals surface area (Å²) in [5.41, 5.74) is 1.65. The van der Waals surface area contributed by atoms with E-state index in [1.165, 1.54) is 25.2 Å². The fraction of sp³-hybridized carbons (Fsp3) is 0.333. The molecule has 0 aliphatic heterocycles. The summed E-state index contributed by atoms with van der Waals surface area (Å²) < 4.78 is 0. The van der Waals surface area contributed by atoms with Crippen LogP contribution in [0.4, 0.5) is 5.69 Å². The number of anilines is 1. The Labute approximate surface area is 158 Å². The molecule has 2 N–H and O–H groups in total. The number of nitriles is 1. The molecule has 0 radical (unpaired) electrons. The lowest BCUT2D eigenvalue weighted by molar-refractivity contribution is 0.0933. The van der Waals surface area contributed by atoms with E-state index in [-0.39, 0.29) is 17.9 Å². The van der Waals surface area contributed by atoms with Crippen molar-refractivity contribution in [3.63, 3.8) is 0 Å². The number of carbonyl (C=O) groups is 2. The van der Waals surface area contributed by atoms with Crippen molar-refractivity contribution < 1.29 is 9.59 Å². The normalized spacial score (nSPS) is 14.6. The zero-order chi connectivity index (χ0) is 19.1. The zero-order valence-electron chi connectivity index (χ0n) is 15.1. The van der Waals surface area contributed by atoms with E-state index in [2.05, 4.69) is 15.6 Å². The van der Waals surface area contributed by atoms with Crippen LogP contribution in [0.3, 0.4) is 0 Å². The number of nitrogens with one attached hydrogen (secondary N) is 2. The molecule has 1 aliphatic rings. The van der Waals surface area contributed by atoms with Crippen LogP contribution in [0.5, 0.6) is 0 Å². The van der Waals surface area contributed by atoms with Crippen molar-refractivity contribution in [1.82, 2.24) is 10.3 Å². The maximum absolute atomic E-state index is 12.5. The molecule has 1 aromatic carbocycles. The lowest BCUT2D eigenvalue weighted by Crippen LogP contribution is -2.34. The fourth-order valence-corrected chi connectivity index (χ4v) is 3.25. The van der Waals surface area contributed by atoms with Crippen molar-refractivity contribution in [3.8, 4) is 6.07 Å². The number of hydrogen-bond donors (Lipinski definition) is 2. The van der Waals surface area contributed by atoms with Crippen molar-refractivity contribution in [1.29, 1.82) is 5.26 Å². The standard InChI is InChI=1S/C21H22N4O2/c22-12-15-6-5-9-19(10-15)25-21(27)17-11-16(13-23-14-17)20(26)24-18-7-3-1-2-4-8-18/h5-6,9-11,13-14,18H,1-4,7-8H2,(H,24,26)(H,25,27). The molecule has 3 rings (SSSR count). The second-order valence-electron chi connectivity index (χ2n) is 6.77. The maximum atomic E-state index is 12.5. The summed E-state index contributed by atoms with van der Waals surface area (Å²) in [6.45, 7) is 0. The first-order valence-electron chi connectivity index (χ1n) is 9.23. The smallest absolute Gasteiger partial charge is 0.257 e. The van der Waals surface area contributed by atoms with Crippen LogP contribution in [0.25, 0.3) is 0 Å². The average molecular weight is 362 g/mol. The molecule has 1 fully saturated rings. The summed E-state index contributed by atoms with van der Waals surface area (Å²) in [6.07, 6.45) is 9.59. The van der Waals surface area contributed by atoms with Gasteiger partial charge in [-0.15, -0.1) is 0 Å². The second-order valence-corrected chi connectivity index (χ2v) is 6.77. The van der Waals surface area contributed by atoms with Gasteiger partial charge in [0.05, 0.1) is 22.8 Å². The molecule has 27 heavy (non-hydrogen) atoms. The van der Waals surface area contributed by atoms with Gasteiger partial charge in [0.25, 0.3) is 11.8 Å². The van der Waals surface area contributed by atoms with Gasteiger partial charge in [-0.25, -0.2) is 0 Å². The van der Waals surface area contributed by atoms with Crippen molar-refractivity contribution in [3.05, 3.63) is 59.4 Å². The highest BCUT2D eigenvalue weighted by atomic mass is 16.2. The molecule has 0 saturated heterocycles. The maximum Gasteiger partial charge on any atom is 0.257 e. The molecule has 0 unspecified atom stereocenters. The van der Waals surface area contributed by atoms with Gasteiger partial charge in [-0.2, -0.15) is 5.26 Å². The third-order valence-corrected chi connectivity index (χ3v) is 4.70. The minimum Gasteiger partial charge on any atom is -0.349 e. The molecule has 6 nitrogen and oxygen atoms in total. The lowest BCUT2D eigenvalue weighted by Gasteiger charge is -2.16. The van der Waals surface area contributed by atoms with E-state index >= 15 is 0 Å². The molecule has 0 spiro atoms. The highest BCUT2D eigenvalue weighted by molar-refractivity contribution is 6.05. The third-order valence-electron chi connectivity index (χ3n) is 4.70. The fourth-order valence-electron chi connectivity index (χ4n) is 3.25. The first-order valence-corrected chi connectivity index (χ1v) is 9.23. The first kappa shape index (κ1) is 18.6. The van der Waals surface area contributed by atoms with Gasteiger partial charge >= 0.3 is 0 Å². The van der Waals surface area contributed by atoms with Crippen molar-refractivity contribution in [2.24, 2.45) is 0 Å². The van der Waals surface area contributed by atoms with Crippen LogP contribution < -0.4 is 10.6 Å². The van der Waals surface area contributed by atoms with E-state index in [1.807, 2.05) is 6.07 Å². The Balaban J connectivity index is 1.67. The Morgan fingerprint density at radius 1 is 1.00 bits per heavy atom. The number of hydrogen-bond acceptors (Lipinski definition) is 4. The van der Waals surface area contributed by atoms with Crippen molar-refractivity contribution >= 4 is 17.5 Å². The predicted octanol–water partition coefficient (Wildman–Crippen LogP) is 3.66. The van der Waals surface area contributed by atoms with Crippen LogP contribution >= 0.6 is 0 Å². The molecule has 138 valence electrons. The van der Waals surface area contributed by atoms with Gasteiger partial charge in [-0.05, 0) is 37.1 Å². The quantitative estimate of drug-likeness (QED) is 0.812. The Kier molecular flexibility index (Phi) is 6.16. The molecule has 0 bridgehead atoms. The van der Waals surface area contributed by atoms with Gasteiger partial charge < -0.3 is 10.6 Å². The van der Waals surface area contributed by atoms with Gasteiger partial charge in [-0.3, -0.25) is 14.6 Å². The Morgan fingerprint density at radius 2 is 1.70 bits per heavy atom. The van der Waals surface area contributed by atoms with Crippen molar-refractivity contribution in [2.75, 3.05) is 5.32 Å². The summed E-state index contributed by atoms with van der Waals surface area (Å²) in [4.78, 5) is 29.0. The third kappa shape index (κ3) is 5.14. The largest absolute Gasteiger partial charge is 0.349 e. The van der Waals surface area contributed by atoms with Crippen LogP contribution in [0, 0.1) is 11.3 Å². The van der Waals surface area contributed by atoms with Crippen LogP contribution in [0.15, 0.2) is 42.7 Å². The van der Waals surface area contributed by atoms with Crippen LogP contribution in [-0.4, -0.2) is 22.8 Å². The van der Waals surface area contributed by atoms with E-state index < -0.39 is 0 Å². The van der Waals surface area contributed by atoms with Gasteiger partial charge in [-0.1, -0.05) is 31.7 Å². The minimum absolute atomic E-state index is 0.186. The van der Waals surface area contributed by atoms with Crippen LogP contribution in [0.1, 0.15) is 64.8 Å². The van der Waals surface area contributed by atoms with E-state index in [4.69, 9.17) is 5.26 Å². The predicted molar refractivity (Wildman–Crippen MR) is 102 cm³/mol. The number of rotatable bonds is 4. The summed E-state index contributed by atoms with van der Waals surface area (Å²) in [6, 6.07) is 10.4. The number of aromatic nitrogens is 1. The van der Waals surface area contributed by atoms with E-state index in [0.717, 1.165) is 25.7 Å². The molecule has 6 heteroatoms. The van der Waals surface area contributed by atoms with Gasteiger partial charge in [0.2, 0.25) is 0 Å². The molecule has 1 aliphatic carbocycles. The number of nitrogens with zero attached hydrogens (tertiary/aromatic N) is 2. The molecule has 1 heterocycles. The summed E-state index contributed by atoms with van der Waals surface area (Å²) in [7, 11) is 0.